The summed E-state index contributed by atoms with van der Waals surface area (Å²) >= 11 is 0. The molecule has 120 valence electrons. The number of rotatable bonds is 8. The monoisotopic (exact) mass is 286 g/mol. The molecule has 2 N–H and O–H groups in total. The van der Waals surface area contributed by atoms with Crippen molar-refractivity contribution in [1.29, 1.82) is 0 Å². The molecule has 0 aliphatic carbocycles. The first-order valence-electron chi connectivity index (χ1n) is 8.00. The number of morpholine rings is 1. The molecule has 1 aliphatic heterocycles. The Bertz CT molecular complexity index is 282. The first-order valence-corrected chi connectivity index (χ1v) is 8.00. The zero-order valence-corrected chi connectivity index (χ0v) is 14.0. The Labute approximate surface area is 124 Å². The van der Waals surface area contributed by atoms with Crippen molar-refractivity contribution in [3.63, 3.8) is 0 Å². The highest BCUT2D eigenvalue weighted by Gasteiger charge is 2.30. The molecule has 0 spiro atoms. The normalized spacial score (nSPS) is 22.9. The number of nitrogens with one attached hydrogen (secondary N) is 1. The minimum absolute atomic E-state index is 0.144. The summed E-state index contributed by atoms with van der Waals surface area (Å²) < 4.78 is 5.55. The Hall–Kier alpha value is -0.160. The van der Waals surface area contributed by atoms with Crippen LogP contribution in [0.4, 0.5) is 0 Å². The van der Waals surface area contributed by atoms with Gasteiger partial charge in [0.2, 0.25) is 0 Å². The third-order valence-corrected chi connectivity index (χ3v) is 4.21. The molecular formula is C16H34N2O2. The van der Waals surface area contributed by atoms with Gasteiger partial charge in [0.05, 0.1) is 19.8 Å². The minimum atomic E-state index is -0.144. The van der Waals surface area contributed by atoms with Crippen molar-refractivity contribution in [3.05, 3.63) is 0 Å². The maximum Gasteiger partial charge on any atom is 0.0645 e. The number of nitrogens with zero attached hydrogens (tertiary/aromatic N) is 1. The van der Waals surface area contributed by atoms with Crippen LogP contribution in [-0.2, 0) is 4.74 Å². The van der Waals surface area contributed by atoms with Crippen LogP contribution in [0.2, 0.25) is 0 Å². The van der Waals surface area contributed by atoms with Crippen molar-refractivity contribution in [2.75, 3.05) is 32.9 Å². The average molecular weight is 286 g/mol. The Kier molecular flexibility index (Phi) is 6.92. The number of unbranched alkanes of at least 4 members (excludes halogenated alkanes) is 1. The van der Waals surface area contributed by atoms with Gasteiger partial charge in [0.25, 0.3) is 0 Å². The second-order valence-corrected chi connectivity index (χ2v) is 7.33. The molecule has 1 atom stereocenters. The summed E-state index contributed by atoms with van der Waals surface area (Å²) in [6.45, 7) is 14.9. The zero-order valence-electron chi connectivity index (χ0n) is 14.0. The summed E-state index contributed by atoms with van der Waals surface area (Å²) in [6, 6.07) is 0.408. The van der Waals surface area contributed by atoms with Gasteiger partial charge in [-0.2, -0.15) is 0 Å². The fourth-order valence-electron chi connectivity index (χ4n) is 3.02. The average Bonchev–Trinajstić information content (AvgIpc) is 2.35. The van der Waals surface area contributed by atoms with Crippen molar-refractivity contribution < 1.29 is 9.84 Å². The quantitative estimate of drug-likeness (QED) is 0.670. The largest absolute Gasteiger partial charge is 0.394 e. The van der Waals surface area contributed by atoms with Gasteiger partial charge in [-0.3, -0.25) is 4.90 Å². The molecule has 0 aromatic carbocycles. The second-order valence-electron chi connectivity index (χ2n) is 7.33. The van der Waals surface area contributed by atoms with Gasteiger partial charge >= 0.3 is 0 Å². The Morgan fingerprint density at radius 2 is 2.05 bits per heavy atom. The number of aliphatic hydroxyl groups is 1. The highest BCUT2D eigenvalue weighted by molar-refractivity contribution is 4.86. The second kappa shape index (κ2) is 7.74. The molecule has 0 radical (unpaired) electrons. The predicted octanol–water partition coefficient (Wildman–Crippen LogP) is 2.02. The maximum atomic E-state index is 9.58. The van der Waals surface area contributed by atoms with Crippen LogP contribution in [-0.4, -0.2) is 60.0 Å². The molecule has 20 heavy (non-hydrogen) atoms. The molecule has 1 saturated heterocycles. The molecule has 0 aromatic heterocycles. The topological polar surface area (TPSA) is 44.7 Å². The van der Waals surface area contributed by atoms with E-state index in [1.54, 1.807) is 0 Å². The summed E-state index contributed by atoms with van der Waals surface area (Å²) in [5, 5.41) is 13.1. The van der Waals surface area contributed by atoms with E-state index < -0.39 is 0 Å². The summed E-state index contributed by atoms with van der Waals surface area (Å²) in [7, 11) is 0. The van der Waals surface area contributed by atoms with E-state index >= 15 is 0 Å². The van der Waals surface area contributed by atoms with Crippen LogP contribution in [0.15, 0.2) is 0 Å². The van der Waals surface area contributed by atoms with Crippen molar-refractivity contribution in [3.8, 4) is 0 Å². The van der Waals surface area contributed by atoms with Crippen LogP contribution in [0.25, 0.3) is 0 Å². The number of aliphatic hydroxyl groups excluding tert-OH is 1. The highest BCUT2D eigenvalue weighted by Crippen LogP contribution is 2.21. The number of hydrogen-bond acceptors (Lipinski definition) is 4. The summed E-state index contributed by atoms with van der Waals surface area (Å²) in [5.41, 5.74) is 0.0173. The van der Waals surface area contributed by atoms with Crippen molar-refractivity contribution in [2.24, 2.45) is 0 Å². The van der Waals surface area contributed by atoms with E-state index in [0.717, 1.165) is 39.1 Å². The predicted molar refractivity (Wildman–Crippen MR) is 84.1 cm³/mol. The molecule has 0 saturated carbocycles. The van der Waals surface area contributed by atoms with Gasteiger partial charge in [-0.15, -0.1) is 0 Å². The Morgan fingerprint density at radius 1 is 1.35 bits per heavy atom. The van der Waals surface area contributed by atoms with Gasteiger partial charge in [0.1, 0.15) is 0 Å². The minimum Gasteiger partial charge on any atom is -0.394 e. The molecule has 1 fully saturated rings. The van der Waals surface area contributed by atoms with E-state index in [9.17, 15) is 5.11 Å². The zero-order chi connectivity index (χ0) is 15.2. The van der Waals surface area contributed by atoms with E-state index in [0.29, 0.717) is 6.04 Å². The first-order chi connectivity index (χ1) is 9.29. The number of hydrogen-bond donors (Lipinski definition) is 2. The van der Waals surface area contributed by atoms with Crippen LogP contribution in [0.3, 0.4) is 0 Å². The van der Waals surface area contributed by atoms with Crippen molar-refractivity contribution >= 4 is 0 Å². The van der Waals surface area contributed by atoms with Crippen LogP contribution in [0.1, 0.15) is 53.9 Å². The lowest BCUT2D eigenvalue weighted by atomic mass is 9.94. The van der Waals surface area contributed by atoms with Crippen LogP contribution >= 0.6 is 0 Å². The first kappa shape index (κ1) is 17.9. The summed E-state index contributed by atoms with van der Waals surface area (Å²) in [5.74, 6) is 0. The highest BCUT2D eigenvalue weighted by atomic mass is 16.5. The van der Waals surface area contributed by atoms with Crippen molar-refractivity contribution in [2.45, 2.75) is 71.0 Å². The lowest BCUT2D eigenvalue weighted by Gasteiger charge is -2.42. The molecule has 4 heteroatoms. The van der Waals surface area contributed by atoms with Crippen molar-refractivity contribution in [1.82, 2.24) is 10.2 Å². The summed E-state index contributed by atoms with van der Waals surface area (Å²) in [4.78, 5) is 2.53. The van der Waals surface area contributed by atoms with E-state index in [1.807, 2.05) is 0 Å². The lowest BCUT2D eigenvalue weighted by molar-refractivity contribution is -0.0515. The van der Waals surface area contributed by atoms with Gasteiger partial charge < -0.3 is 15.2 Å². The SMILES string of the molecule is CC(C)NC(C)(CO)CCCCN1CCOCC1(C)C. The summed E-state index contributed by atoms with van der Waals surface area (Å²) in [6.07, 6.45) is 3.34. The van der Waals surface area contributed by atoms with E-state index in [-0.39, 0.29) is 17.7 Å². The van der Waals surface area contributed by atoms with Crippen LogP contribution < -0.4 is 5.32 Å². The molecular weight excluding hydrogens is 252 g/mol. The molecule has 1 unspecified atom stereocenters. The van der Waals surface area contributed by atoms with Gasteiger partial charge in [-0.1, -0.05) is 20.3 Å². The van der Waals surface area contributed by atoms with Gasteiger partial charge in [0, 0.05) is 23.7 Å². The molecule has 0 amide bonds. The van der Waals surface area contributed by atoms with Gasteiger partial charge in [0.15, 0.2) is 0 Å². The standard InChI is InChI=1S/C16H34N2O2/c1-14(2)17-16(5,12-19)8-6-7-9-18-10-11-20-13-15(18,3)4/h14,17,19H,6-13H2,1-5H3. The van der Waals surface area contributed by atoms with Gasteiger partial charge in [-0.05, 0) is 40.2 Å². The van der Waals surface area contributed by atoms with E-state index in [2.05, 4.69) is 44.8 Å². The van der Waals surface area contributed by atoms with Gasteiger partial charge in [-0.25, -0.2) is 0 Å². The Balaban J connectivity index is 2.29. The maximum absolute atomic E-state index is 9.58. The Morgan fingerprint density at radius 3 is 2.60 bits per heavy atom. The molecule has 4 nitrogen and oxygen atoms in total. The number of ether oxygens (including phenoxy) is 1. The third-order valence-electron chi connectivity index (χ3n) is 4.21. The van der Waals surface area contributed by atoms with E-state index in [4.69, 9.17) is 4.74 Å². The smallest absolute Gasteiger partial charge is 0.0645 e. The lowest BCUT2D eigenvalue weighted by Crippen LogP contribution is -2.53. The van der Waals surface area contributed by atoms with Crippen LogP contribution in [0.5, 0.6) is 0 Å². The third kappa shape index (κ3) is 5.68. The fraction of sp³-hybridized carbons (Fsp3) is 1.00. The molecule has 0 bridgehead atoms. The van der Waals surface area contributed by atoms with E-state index in [1.165, 1.54) is 6.42 Å². The molecule has 1 aliphatic rings. The van der Waals surface area contributed by atoms with Crippen LogP contribution in [0, 0.1) is 0 Å². The molecule has 1 heterocycles. The molecule has 1 rings (SSSR count). The fourth-order valence-corrected chi connectivity index (χ4v) is 3.02. The molecule has 0 aromatic rings.